The number of benzene rings is 1. The molecule has 0 unspecified atom stereocenters. The molecule has 2 amide bonds. The van der Waals surface area contributed by atoms with Gasteiger partial charge in [-0.1, -0.05) is 31.2 Å². The van der Waals surface area contributed by atoms with Crippen LogP contribution in [-0.4, -0.2) is 23.3 Å². The van der Waals surface area contributed by atoms with Gasteiger partial charge < -0.3 is 10.6 Å². The zero-order valence-corrected chi connectivity index (χ0v) is 13.4. The Kier molecular flexibility index (Phi) is 5.86. The van der Waals surface area contributed by atoms with Crippen molar-refractivity contribution in [2.75, 3.05) is 6.54 Å². The standard InChI is InChI=1S/C18H21N3O2/c1-3-9-20-18(23)17-16(8-5-10-19-17)15-7-4-6-14(11-15)12-21-13(2)22/h4-8,10-11H,3,9,12H2,1-2H3,(H,20,23)(H,21,22). The van der Waals surface area contributed by atoms with Gasteiger partial charge in [0.05, 0.1) is 0 Å². The Hall–Kier alpha value is -2.69. The van der Waals surface area contributed by atoms with Crippen molar-refractivity contribution >= 4 is 11.8 Å². The molecule has 1 heterocycles. The Balaban J connectivity index is 2.29. The first-order valence-electron chi connectivity index (χ1n) is 7.68. The van der Waals surface area contributed by atoms with Crippen LogP contribution >= 0.6 is 0 Å². The van der Waals surface area contributed by atoms with E-state index >= 15 is 0 Å². The maximum atomic E-state index is 12.3. The number of carbonyl (C=O) groups is 2. The average molecular weight is 311 g/mol. The SMILES string of the molecule is CCCNC(=O)c1ncccc1-c1cccc(CNC(C)=O)c1. The van der Waals surface area contributed by atoms with Crippen LogP contribution < -0.4 is 10.6 Å². The summed E-state index contributed by atoms with van der Waals surface area (Å²) in [6.07, 6.45) is 2.49. The lowest BCUT2D eigenvalue weighted by molar-refractivity contribution is -0.119. The second-order valence-corrected chi connectivity index (χ2v) is 5.27. The first kappa shape index (κ1) is 16.7. The van der Waals surface area contributed by atoms with E-state index < -0.39 is 0 Å². The molecule has 0 aliphatic carbocycles. The molecule has 2 rings (SSSR count). The minimum absolute atomic E-state index is 0.0728. The highest BCUT2D eigenvalue weighted by atomic mass is 16.2. The van der Waals surface area contributed by atoms with E-state index in [2.05, 4.69) is 15.6 Å². The first-order chi connectivity index (χ1) is 11.1. The van der Waals surface area contributed by atoms with Gasteiger partial charge in [0.2, 0.25) is 5.91 Å². The fourth-order valence-corrected chi connectivity index (χ4v) is 2.22. The molecule has 5 heteroatoms. The van der Waals surface area contributed by atoms with Gasteiger partial charge in [-0.05, 0) is 29.7 Å². The summed E-state index contributed by atoms with van der Waals surface area (Å²) in [5.41, 5.74) is 3.08. The normalized spacial score (nSPS) is 10.2. The van der Waals surface area contributed by atoms with E-state index in [1.54, 1.807) is 6.20 Å². The van der Waals surface area contributed by atoms with E-state index in [0.717, 1.165) is 23.1 Å². The zero-order valence-electron chi connectivity index (χ0n) is 13.4. The van der Waals surface area contributed by atoms with Gasteiger partial charge in [0.15, 0.2) is 0 Å². The third-order valence-corrected chi connectivity index (χ3v) is 3.34. The summed E-state index contributed by atoms with van der Waals surface area (Å²) < 4.78 is 0. The summed E-state index contributed by atoms with van der Waals surface area (Å²) in [7, 11) is 0. The topological polar surface area (TPSA) is 71.1 Å². The molecule has 2 N–H and O–H groups in total. The van der Waals surface area contributed by atoms with Gasteiger partial charge in [-0.3, -0.25) is 14.6 Å². The van der Waals surface area contributed by atoms with Gasteiger partial charge in [0.1, 0.15) is 5.69 Å². The van der Waals surface area contributed by atoms with E-state index in [1.807, 2.05) is 43.3 Å². The number of pyridine rings is 1. The minimum Gasteiger partial charge on any atom is -0.352 e. The summed E-state index contributed by atoms with van der Waals surface area (Å²) >= 11 is 0. The van der Waals surface area contributed by atoms with Crippen molar-refractivity contribution in [2.45, 2.75) is 26.8 Å². The predicted molar refractivity (Wildman–Crippen MR) is 89.8 cm³/mol. The highest BCUT2D eigenvalue weighted by Crippen LogP contribution is 2.23. The Morgan fingerprint density at radius 3 is 2.70 bits per heavy atom. The number of hydrogen-bond donors (Lipinski definition) is 2. The predicted octanol–water partition coefficient (Wildman–Crippen LogP) is 2.52. The van der Waals surface area contributed by atoms with Crippen molar-refractivity contribution in [1.29, 1.82) is 0 Å². The summed E-state index contributed by atoms with van der Waals surface area (Å²) in [5, 5.41) is 5.63. The molecule has 120 valence electrons. The highest BCUT2D eigenvalue weighted by Gasteiger charge is 2.13. The van der Waals surface area contributed by atoms with Crippen LogP contribution in [0.1, 0.15) is 36.3 Å². The van der Waals surface area contributed by atoms with Crippen LogP contribution in [0.3, 0.4) is 0 Å². The molecule has 0 aliphatic heterocycles. The van der Waals surface area contributed by atoms with Gasteiger partial charge in [-0.2, -0.15) is 0 Å². The lowest BCUT2D eigenvalue weighted by atomic mass is 10.0. The molecule has 0 radical (unpaired) electrons. The molecule has 1 aromatic carbocycles. The molecule has 5 nitrogen and oxygen atoms in total. The maximum absolute atomic E-state index is 12.3. The fourth-order valence-electron chi connectivity index (χ4n) is 2.22. The Morgan fingerprint density at radius 1 is 1.13 bits per heavy atom. The Labute approximate surface area is 136 Å². The summed E-state index contributed by atoms with van der Waals surface area (Å²) in [6, 6.07) is 11.4. The second-order valence-electron chi connectivity index (χ2n) is 5.27. The summed E-state index contributed by atoms with van der Waals surface area (Å²) in [4.78, 5) is 27.5. The monoisotopic (exact) mass is 311 g/mol. The largest absolute Gasteiger partial charge is 0.352 e. The van der Waals surface area contributed by atoms with Crippen LogP contribution in [0.25, 0.3) is 11.1 Å². The number of aromatic nitrogens is 1. The Bertz CT molecular complexity index is 698. The molecule has 2 aromatic rings. The first-order valence-corrected chi connectivity index (χ1v) is 7.68. The molecule has 23 heavy (non-hydrogen) atoms. The van der Waals surface area contributed by atoms with Crippen LogP contribution in [0.5, 0.6) is 0 Å². The van der Waals surface area contributed by atoms with E-state index in [-0.39, 0.29) is 11.8 Å². The van der Waals surface area contributed by atoms with Crippen LogP contribution in [0.2, 0.25) is 0 Å². The molecule has 0 fully saturated rings. The molecular formula is C18H21N3O2. The number of hydrogen-bond acceptors (Lipinski definition) is 3. The van der Waals surface area contributed by atoms with Crippen LogP contribution in [-0.2, 0) is 11.3 Å². The molecule has 0 bridgehead atoms. The van der Waals surface area contributed by atoms with Gasteiger partial charge in [0, 0.05) is 31.8 Å². The second kappa shape index (κ2) is 8.08. The molecule has 0 spiro atoms. The average Bonchev–Trinajstić information content (AvgIpc) is 2.58. The lowest BCUT2D eigenvalue weighted by Crippen LogP contribution is -2.25. The molecule has 0 atom stereocenters. The van der Waals surface area contributed by atoms with E-state index in [0.29, 0.717) is 18.8 Å². The number of nitrogens with zero attached hydrogens (tertiary/aromatic N) is 1. The van der Waals surface area contributed by atoms with Gasteiger partial charge in [-0.15, -0.1) is 0 Å². The minimum atomic E-state index is -0.172. The van der Waals surface area contributed by atoms with E-state index in [4.69, 9.17) is 0 Å². The zero-order chi connectivity index (χ0) is 16.7. The lowest BCUT2D eigenvalue weighted by Gasteiger charge is -2.10. The van der Waals surface area contributed by atoms with Gasteiger partial charge >= 0.3 is 0 Å². The van der Waals surface area contributed by atoms with Crippen molar-refractivity contribution in [3.63, 3.8) is 0 Å². The molecule has 0 saturated carbocycles. The summed E-state index contributed by atoms with van der Waals surface area (Å²) in [5.74, 6) is -0.244. The quantitative estimate of drug-likeness (QED) is 0.861. The third kappa shape index (κ3) is 4.64. The smallest absolute Gasteiger partial charge is 0.270 e. The van der Waals surface area contributed by atoms with Crippen molar-refractivity contribution in [3.05, 3.63) is 53.9 Å². The summed E-state index contributed by atoms with van der Waals surface area (Å²) in [6.45, 7) is 4.57. The van der Waals surface area contributed by atoms with E-state index in [1.165, 1.54) is 6.92 Å². The molecule has 0 aliphatic rings. The highest BCUT2D eigenvalue weighted by molar-refractivity contribution is 5.98. The molecular weight excluding hydrogens is 290 g/mol. The fraction of sp³-hybridized carbons (Fsp3) is 0.278. The van der Waals surface area contributed by atoms with Crippen molar-refractivity contribution in [3.8, 4) is 11.1 Å². The maximum Gasteiger partial charge on any atom is 0.270 e. The van der Waals surface area contributed by atoms with Crippen LogP contribution in [0, 0.1) is 0 Å². The van der Waals surface area contributed by atoms with Crippen molar-refractivity contribution in [1.82, 2.24) is 15.6 Å². The van der Waals surface area contributed by atoms with Gasteiger partial charge in [0.25, 0.3) is 5.91 Å². The number of amides is 2. The molecule has 0 saturated heterocycles. The van der Waals surface area contributed by atoms with Crippen LogP contribution in [0.15, 0.2) is 42.6 Å². The third-order valence-electron chi connectivity index (χ3n) is 3.34. The van der Waals surface area contributed by atoms with Gasteiger partial charge in [-0.25, -0.2) is 0 Å². The van der Waals surface area contributed by atoms with E-state index in [9.17, 15) is 9.59 Å². The number of carbonyl (C=O) groups excluding carboxylic acids is 2. The van der Waals surface area contributed by atoms with Crippen LogP contribution in [0.4, 0.5) is 0 Å². The molecule has 1 aromatic heterocycles. The number of rotatable bonds is 6. The number of nitrogens with one attached hydrogen (secondary N) is 2. The van der Waals surface area contributed by atoms with Crippen molar-refractivity contribution in [2.24, 2.45) is 0 Å². The Morgan fingerprint density at radius 2 is 1.96 bits per heavy atom. The van der Waals surface area contributed by atoms with Crippen molar-refractivity contribution < 1.29 is 9.59 Å².